The van der Waals surface area contributed by atoms with E-state index in [2.05, 4.69) is 19.8 Å². The molecule has 1 saturated carbocycles. The molecule has 1 atom stereocenters. The van der Waals surface area contributed by atoms with E-state index in [0.29, 0.717) is 12.5 Å². The molecular weight excluding hydrogens is 354 g/mol. The summed E-state index contributed by atoms with van der Waals surface area (Å²) in [4.78, 5) is 31.9. The van der Waals surface area contributed by atoms with Gasteiger partial charge in [-0.05, 0) is 25.7 Å². The molecule has 0 spiro atoms. The molecule has 154 valence electrons. The number of hydrogen-bond acceptors (Lipinski definition) is 5. The first-order chi connectivity index (χ1) is 13.6. The number of rotatable bonds is 3. The summed E-state index contributed by atoms with van der Waals surface area (Å²) >= 11 is 0. The van der Waals surface area contributed by atoms with Gasteiger partial charge in [-0.2, -0.15) is 5.10 Å². The SMILES string of the molecule is Cn1ncc(N2CCC[C@H](C(=O)N3CCN(C4CCCCC4)CC3)C2)cc1=O. The number of aromatic nitrogens is 2. The van der Waals surface area contributed by atoms with E-state index < -0.39 is 0 Å². The molecule has 28 heavy (non-hydrogen) atoms. The van der Waals surface area contributed by atoms with Crippen LogP contribution in [0.1, 0.15) is 44.9 Å². The van der Waals surface area contributed by atoms with Crippen LogP contribution in [0.15, 0.2) is 17.1 Å². The van der Waals surface area contributed by atoms with Crippen LogP contribution < -0.4 is 10.5 Å². The highest BCUT2D eigenvalue weighted by Crippen LogP contribution is 2.26. The minimum Gasteiger partial charge on any atom is -0.369 e. The lowest BCUT2D eigenvalue weighted by atomic mass is 9.93. The molecule has 1 amide bonds. The largest absolute Gasteiger partial charge is 0.369 e. The molecule has 3 heterocycles. The molecule has 0 unspecified atom stereocenters. The lowest BCUT2D eigenvalue weighted by Gasteiger charge is -2.42. The molecule has 2 aliphatic heterocycles. The number of amides is 1. The van der Waals surface area contributed by atoms with Gasteiger partial charge in [-0.3, -0.25) is 14.5 Å². The molecule has 1 aliphatic carbocycles. The van der Waals surface area contributed by atoms with Crippen molar-refractivity contribution in [2.45, 2.75) is 51.0 Å². The van der Waals surface area contributed by atoms with Gasteiger partial charge in [-0.25, -0.2) is 4.68 Å². The molecule has 3 aliphatic rings. The third-order valence-corrected chi connectivity index (χ3v) is 6.81. The van der Waals surface area contributed by atoms with Crippen LogP contribution in [0.3, 0.4) is 0 Å². The summed E-state index contributed by atoms with van der Waals surface area (Å²) in [7, 11) is 1.65. The van der Waals surface area contributed by atoms with Crippen LogP contribution in [-0.2, 0) is 11.8 Å². The Bertz CT molecular complexity index is 735. The van der Waals surface area contributed by atoms with Gasteiger partial charge in [0.15, 0.2) is 0 Å². The van der Waals surface area contributed by atoms with Gasteiger partial charge in [0, 0.05) is 58.4 Å². The average Bonchev–Trinajstić information content (AvgIpc) is 2.76. The Morgan fingerprint density at radius 2 is 1.75 bits per heavy atom. The summed E-state index contributed by atoms with van der Waals surface area (Å²) < 4.78 is 1.34. The van der Waals surface area contributed by atoms with Crippen LogP contribution in [0, 0.1) is 5.92 Å². The van der Waals surface area contributed by atoms with E-state index in [0.717, 1.165) is 57.3 Å². The minimum absolute atomic E-state index is 0.0269. The zero-order valence-corrected chi connectivity index (χ0v) is 17.1. The fraction of sp³-hybridized carbons (Fsp3) is 0.762. The predicted molar refractivity (Wildman–Crippen MR) is 109 cm³/mol. The fourth-order valence-electron chi connectivity index (χ4n) is 5.06. The first kappa shape index (κ1) is 19.4. The predicted octanol–water partition coefficient (Wildman–Crippen LogP) is 1.47. The number of anilines is 1. The lowest BCUT2D eigenvalue weighted by molar-refractivity contribution is -0.138. The summed E-state index contributed by atoms with van der Waals surface area (Å²) in [5.74, 6) is 0.323. The third-order valence-electron chi connectivity index (χ3n) is 6.81. The average molecular weight is 388 g/mol. The molecule has 1 aromatic heterocycles. The molecule has 7 nitrogen and oxygen atoms in total. The van der Waals surface area contributed by atoms with E-state index in [1.54, 1.807) is 19.3 Å². The van der Waals surface area contributed by atoms with Gasteiger partial charge in [-0.15, -0.1) is 0 Å². The summed E-state index contributed by atoms with van der Waals surface area (Å²) in [5, 5.41) is 4.13. The second-order valence-corrected chi connectivity index (χ2v) is 8.61. The van der Waals surface area contributed by atoms with Crippen molar-refractivity contribution in [1.82, 2.24) is 19.6 Å². The Kier molecular flexibility index (Phi) is 5.99. The number of hydrogen-bond donors (Lipinski definition) is 0. The smallest absolute Gasteiger partial charge is 0.268 e. The molecule has 0 N–H and O–H groups in total. The zero-order valence-electron chi connectivity index (χ0n) is 17.1. The monoisotopic (exact) mass is 387 g/mol. The summed E-state index contributed by atoms with van der Waals surface area (Å²) in [5.41, 5.74) is 0.729. The van der Waals surface area contributed by atoms with Crippen LogP contribution in [0.5, 0.6) is 0 Å². The second kappa shape index (κ2) is 8.64. The van der Waals surface area contributed by atoms with Gasteiger partial charge in [-0.1, -0.05) is 19.3 Å². The standard InChI is InChI=1S/C21H33N5O2/c1-23-20(27)14-19(15-22-23)26-9-5-6-17(16-26)21(28)25-12-10-24(11-13-25)18-7-3-2-4-8-18/h14-15,17-18H,2-13,16H2,1H3/t17-/m0/s1. The third kappa shape index (κ3) is 4.24. The van der Waals surface area contributed by atoms with Crippen molar-refractivity contribution >= 4 is 11.6 Å². The fourth-order valence-corrected chi connectivity index (χ4v) is 5.06. The maximum absolute atomic E-state index is 13.1. The van der Waals surface area contributed by atoms with Crippen molar-refractivity contribution in [1.29, 1.82) is 0 Å². The summed E-state index contributed by atoms with van der Waals surface area (Å²) in [6, 6.07) is 2.37. The van der Waals surface area contributed by atoms with Crippen molar-refractivity contribution in [2.24, 2.45) is 13.0 Å². The molecule has 4 rings (SSSR count). The van der Waals surface area contributed by atoms with E-state index >= 15 is 0 Å². The molecule has 7 heteroatoms. The number of carbonyl (C=O) groups is 1. The van der Waals surface area contributed by atoms with Crippen molar-refractivity contribution in [3.05, 3.63) is 22.6 Å². The van der Waals surface area contributed by atoms with Crippen LogP contribution in [0.4, 0.5) is 5.69 Å². The minimum atomic E-state index is -0.107. The normalized spacial score (nSPS) is 25.1. The topological polar surface area (TPSA) is 61.7 Å². The van der Waals surface area contributed by atoms with Crippen molar-refractivity contribution < 1.29 is 4.79 Å². The van der Waals surface area contributed by atoms with E-state index in [9.17, 15) is 9.59 Å². The highest BCUT2D eigenvalue weighted by molar-refractivity contribution is 5.80. The quantitative estimate of drug-likeness (QED) is 0.786. The molecule has 0 radical (unpaired) electrons. The molecule has 1 aromatic rings. The van der Waals surface area contributed by atoms with Gasteiger partial charge in [0.1, 0.15) is 0 Å². The van der Waals surface area contributed by atoms with Gasteiger partial charge >= 0.3 is 0 Å². The number of aryl methyl sites for hydroxylation is 1. The first-order valence-corrected chi connectivity index (χ1v) is 10.9. The van der Waals surface area contributed by atoms with Crippen LogP contribution in [0.25, 0.3) is 0 Å². The van der Waals surface area contributed by atoms with Crippen molar-refractivity contribution in [2.75, 3.05) is 44.2 Å². The van der Waals surface area contributed by atoms with Crippen molar-refractivity contribution in [3.63, 3.8) is 0 Å². The second-order valence-electron chi connectivity index (χ2n) is 8.61. The summed E-state index contributed by atoms with van der Waals surface area (Å²) in [6.07, 6.45) is 10.4. The molecule has 2 saturated heterocycles. The van der Waals surface area contributed by atoms with Gasteiger partial charge in [0.25, 0.3) is 5.56 Å². The van der Waals surface area contributed by atoms with E-state index in [1.807, 2.05) is 0 Å². The first-order valence-electron chi connectivity index (χ1n) is 10.9. The molecule has 0 bridgehead atoms. The van der Waals surface area contributed by atoms with Crippen molar-refractivity contribution in [3.8, 4) is 0 Å². The van der Waals surface area contributed by atoms with Gasteiger partial charge < -0.3 is 9.80 Å². The maximum Gasteiger partial charge on any atom is 0.268 e. The highest BCUT2D eigenvalue weighted by atomic mass is 16.2. The zero-order chi connectivity index (χ0) is 19.5. The number of piperidine rings is 1. The Morgan fingerprint density at radius 3 is 2.46 bits per heavy atom. The lowest BCUT2D eigenvalue weighted by Crippen LogP contribution is -2.54. The van der Waals surface area contributed by atoms with Crippen LogP contribution >= 0.6 is 0 Å². The van der Waals surface area contributed by atoms with Gasteiger partial charge in [0.05, 0.1) is 17.8 Å². The van der Waals surface area contributed by atoms with E-state index in [1.165, 1.54) is 36.8 Å². The molecular formula is C21H33N5O2. The Balaban J connectivity index is 1.33. The van der Waals surface area contributed by atoms with Crippen LogP contribution in [-0.4, -0.2) is 70.8 Å². The highest BCUT2D eigenvalue weighted by Gasteiger charge is 2.32. The number of piperazine rings is 1. The number of carbonyl (C=O) groups excluding carboxylic acids is 1. The Labute approximate surface area is 167 Å². The maximum atomic E-state index is 13.1. The Morgan fingerprint density at radius 1 is 1.00 bits per heavy atom. The molecule has 0 aromatic carbocycles. The van der Waals surface area contributed by atoms with E-state index in [-0.39, 0.29) is 11.5 Å². The van der Waals surface area contributed by atoms with E-state index in [4.69, 9.17) is 0 Å². The molecule has 3 fully saturated rings. The van der Waals surface area contributed by atoms with Crippen LogP contribution in [0.2, 0.25) is 0 Å². The number of nitrogens with zero attached hydrogens (tertiary/aromatic N) is 5. The Hall–Kier alpha value is -1.89. The summed E-state index contributed by atoms with van der Waals surface area (Å²) in [6.45, 7) is 5.33. The van der Waals surface area contributed by atoms with Gasteiger partial charge in [0.2, 0.25) is 5.91 Å².